The highest BCUT2D eigenvalue weighted by Crippen LogP contribution is 2.23. The molecule has 0 spiro atoms. The van der Waals surface area contributed by atoms with Crippen LogP contribution in [0.5, 0.6) is 0 Å². The molecule has 0 bridgehead atoms. The summed E-state index contributed by atoms with van der Waals surface area (Å²) in [6, 6.07) is -0.00912. The van der Waals surface area contributed by atoms with Gasteiger partial charge in [-0.3, -0.25) is 0 Å². The van der Waals surface area contributed by atoms with Gasteiger partial charge in [-0.2, -0.15) is 0 Å². The summed E-state index contributed by atoms with van der Waals surface area (Å²) in [5, 5.41) is 15.1. The van der Waals surface area contributed by atoms with Crippen molar-refractivity contribution in [2.75, 3.05) is 26.4 Å². The fraction of sp³-hybridized carbons (Fsp3) is 0.933. The van der Waals surface area contributed by atoms with Crippen molar-refractivity contribution in [3.8, 4) is 0 Å². The van der Waals surface area contributed by atoms with Gasteiger partial charge < -0.3 is 20.5 Å². The van der Waals surface area contributed by atoms with E-state index in [1.807, 2.05) is 0 Å². The number of aliphatic hydroxyl groups excluding tert-OH is 1. The molecule has 1 rings (SSSR count). The second-order valence-electron chi connectivity index (χ2n) is 6.06. The van der Waals surface area contributed by atoms with Gasteiger partial charge in [0.1, 0.15) is 0 Å². The Morgan fingerprint density at radius 1 is 1.35 bits per heavy atom. The fourth-order valence-corrected chi connectivity index (χ4v) is 2.53. The topological polar surface area (TPSA) is 70.6 Å². The molecule has 118 valence electrons. The van der Waals surface area contributed by atoms with E-state index >= 15 is 0 Å². The first-order valence-electron chi connectivity index (χ1n) is 7.86. The monoisotopic (exact) mass is 286 g/mol. The van der Waals surface area contributed by atoms with Crippen LogP contribution in [0.1, 0.15) is 46.0 Å². The van der Waals surface area contributed by atoms with Crippen LogP contribution in [0, 0.1) is 11.8 Å². The van der Waals surface area contributed by atoms with Crippen LogP contribution in [-0.4, -0.2) is 43.5 Å². The Hall–Kier alpha value is -0.810. The average molecular weight is 286 g/mol. The smallest absolute Gasteiger partial charge is 0.315 e. The van der Waals surface area contributed by atoms with E-state index in [2.05, 4.69) is 24.5 Å². The van der Waals surface area contributed by atoms with E-state index in [1.165, 1.54) is 0 Å². The molecule has 5 heteroatoms. The minimum atomic E-state index is -0.126. The molecule has 3 N–H and O–H groups in total. The predicted octanol–water partition coefficient (Wildman–Crippen LogP) is 1.90. The number of hydrogen-bond acceptors (Lipinski definition) is 3. The largest absolute Gasteiger partial charge is 0.396 e. The maximum atomic E-state index is 11.8. The molecule has 20 heavy (non-hydrogen) atoms. The van der Waals surface area contributed by atoms with Gasteiger partial charge in [0.05, 0.1) is 0 Å². The number of ether oxygens (including phenoxy) is 1. The Bertz CT molecular complexity index is 272. The van der Waals surface area contributed by atoms with Crippen molar-refractivity contribution in [1.82, 2.24) is 10.6 Å². The summed E-state index contributed by atoms with van der Waals surface area (Å²) in [6.45, 7) is 6.48. The summed E-state index contributed by atoms with van der Waals surface area (Å²) < 4.78 is 5.46. The van der Waals surface area contributed by atoms with Gasteiger partial charge in [-0.05, 0) is 25.2 Å². The standard InChI is InChI=1S/C15H30N2O3/c1-12(2)11-20-9-5-8-16-15(19)17-14-7-4-3-6-13(14)10-18/h12-14,18H,3-11H2,1-2H3,(H2,16,17,19). The predicted molar refractivity (Wildman–Crippen MR) is 79.6 cm³/mol. The van der Waals surface area contributed by atoms with Crippen molar-refractivity contribution >= 4 is 6.03 Å². The van der Waals surface area contributed by atoms with Crippen LogP contribution in [0.15, 0.2) is 0 Å². The second kappa shape index (κ2) is 10.00. The molecule has 2 amide bonds. The molecule has 0 heterocycles. The van der Waals surface area contributed by atoms with E-state index in [0.29, 0.717) is 19.1 Å². The highest BCUT2D eigenvalue weighted by molar-refractivity contribution is 5.74. The number of hydrogen-bond donors (Lipinski definition) is 3. The molecule has 1 aliphatic rings. The van der Waals surface area contributed by atoms with E-state index in [9.17, 15) is 9.90 Å². The molecule has 0 radical (unpaired) electrons. The average Bonchev–Trinajstić information content (AvgIpc) is 2.43. The number of urea groups is 1. The number of rotatable bonds is 8. The van der Waals surface area contributed by atoms with Crippen molar-refractivity contribution in [3.05, 3.63) is 0 Å². The highest BCUT2D eigenvalue weighted by Gasteiger charge is 2.25. The van der Waals surface area contributed by atoms with Gasteiger partial charge in [-0.15, -0.1) is 0 Å². The lowest BCUT2D eigenvalue weighted by Crippen LogP contribution is -2.47. The van der Waals surface area contributed by atoms with E-state index in [-0.39, 0.29) is 24.6 Å². The number of carbonyl (C=O) groups excluding carboxylic acids is 1. The Morgan fingerprint density at radius 3 is 2.80 bits per heavy atom. The summed E-state index contributed by atoms with van der Waals surface area (Å²) in [5.74, 6) is 0.761. The van der Waals surface area contributed by atoms with Crippen LogP contribution in [0.4, 0.5) is 4.79 Å². The van der Waals surface area contributed by atoms with Crippen LogP contribution < -0.4 is 10.6 Å². The van der Waals surface area contributed by atoms with Crippen molar-refractivity contribution in [1.29, 1.82) is 0 Å². The van der Waals surface area contributed by atoms with Crippen molar-refractivity contribution in [2.24, 2.45) is 11.8 Å². The molecule has 0 aromatic rings. The van der Waals surface area contributed by atoms with Crippen molar-refractivity contribution in [2.45, 2.75) is 52.0 Å². The third-order valence-electron chi connectivity index (χ3n) is 3.66. The zero-order valence-corrected chi connectivity index (χ0v) is 12.9. The molecular weight excluding hydrogens is 256 g/mol. The van der Waals surface area contributed by atoms with E-state index in [4.69, 9.17) is 4.74 Å². The minimum Gasteiger partial charge on any atom is -0.396 e. The summed E-state index contributed by atoms with van der Waals surface area (Å²) >= 11 is 0. The molecule has 1 fully saturated rings. The van der Waals surface area contributed by atoms with Gasteiger partial charge in [-0.1, -0.05) is 26.7 Å². The summed E-state index contributed by atoms with van der Waals surface area (Å²) in [5.41, 5.74) is 0. The summed E-state index contributed by atoms with van der Waals surface area (Å²) in [4.78, 5) is 11.8. The molecule has 0 saturated heterocycles. The van der Waals surface area contributed by atoms with Crippen LogP contribution in [0.3, 0.4) is 0 Å². The van der Waals surface area contributed by atoms with Crippen LogP contribution in [0.25, 0.3) is 0 Å². The molecule has 0 aromatic carbocycles. The van der Waals surface area contributed by atoms with Crippen LogP contribution in [0.2, 0.25) is 0 Å². The third-order valence-corrected chi connectivity index (χ3v) is 3.66. The first kappa shape index (κ1) is 17.2. The van der Waals surface area contributed by atoms with Gasteiger partial charge in [0, 0.05) is 38.3 Å². The summed E-state index contributed by atoms with van der Waals surface area (Å²) in [6.07, 6.45) is 5.08. The summed E-state index contributed by atoms with van der Waals surface area (Å²) in [7, 11) is 0. The van der Waals surface area contributed by atoms with Gasteiger partial charge in [-0.25, -0.2) is 4.79 Å². The molecule has 1 aliphatic carbocycles. The lowest BCUT2D eigenvalue weighted by Gasteiger charge is -2.30. The molecule has 2 atom stereocenters. The fourth-order valence-electron chi connectivity index (χ4n) is 2.53. The lowest BCUT2D eigenvalue weighted by molar-refractivity contribution is 0.108. The normalized spacial score (nSPS) is 22.8. The zero-order chi connectivity index (χ0) is 14.8. The van der Waals surface area contributed by atoms with Gasteiger partial charge in [0.2, 0.25) is 0 Å². The van der Waals surface area contributed by atoms with Crippen molar-refractivity contribution < 1.29 is 14.6 Å². The van der Waals surface area contributed by atoms with Crippen LogP contribution in [-0.2, 0) is 4.74 Å². The number of nitrogens with one attached hydrogen (secondary N) is 2. The van der Waals surface area contributed by atoms with E-state index in [1.54, 1.807) is 0 Å². The molecule has 0 aromatic heterocycles. The maximum absolute atomic E-state index is 11.8. The number of amides is 2. The number of carbonyl (C=O) groups is 1. The molecule has 0 aliphatic heterocycles. The molecule has 5 nitrogen and oxygen atoms in total. The molecule has 2 unspecified atom stereocenters. The van der Waals surface area contributed by atoms with Gasteiger partial charge in [0.25, 0.3) is 0 Å². The highest BCUT2D eigenvalue weighted by atomic mass is 16.5. The number of aliphatic hydroxyl groups is 1. The Morgan fingerprint density at radius 2 is 2.10 bits per heavy atom. The quantitative estimate of drug-likeness (QED) is 0.597. The third kappa shape index (κ3) is 7.10. The minimum absolute atomic E-state index is 0.117. The van der Waals surface area contributed by atoms with Crippen molar-refractivity contribution in [3.63, 3.8) is 0 Å². The van der Waals surface area contributed by atoms with Gasteiger partial charge >= 0.3 is 6.03 Å². The Kier molecular flexibility index (Phi) is 8.62. The zero-order valence-electron chi connectivity index (χ0n) is 12.9. The maximum Gasteiger partial charge on any atom is 0.315 e. The van der Waals surface area contributed by atoms with Crippen LogP contribution >= 0.6 is 0 Å². The second-order valence-corrected chi connectivity index (χ2v) is 6.06. The Balaban J connectivity index is 2.07. The Labute approximate surface area is 122 Å². The van der Waals surface area contributed by atoms with E-state index < -0.39 is 0 Å². The lowest BCUT2D eigenvalue weighted by atomic mass is 9.85. The first-order chi connectivity index (χ1) is 9.63. The molecular formula is C15H30N2O3. The molecule has 1 saturated carbocycles. The first-order valence-corrected chi connectivity index (χ1v) is 7.86. The van der Waals surface area contributed by atoms with Gasteiger partial charge in [0.15, 0.2) is 0 Å². The van der Waals surface area contributed by atoms with E-state index in [0.717, 1.165) is 38.7 Å². The SMILES string of the molecule is CC(C)COCCCNC(=O)NC1CCCCC1CO.